The van der Waals surface area contributed by atoms with Gasteiger partial charge in [-0.1, -0.05) is 15.9 Å². The molecule has 0 saturated heterocycles. The molecule has 4 nitrogen and oxygen atoms in total. The van der Waals surface area contributed by atoms with Gasteiger partial charge in [-0.2, -0.15) is 4.98 Å². The summed E-state index contributed by atoms with van der Waals surface area (Å²) in [5.41, 5.74) is 0.763. The molecule has 0 aliphatic heterocycles. The molecule has 6 heteroatoms. The highest BCUT2D eigenvalue weighted by Gasteiger charge is 2.12. The Morgan fingerprint density at radius 1 is 1.33 bits per heavy atom. The van der Waals surface area contributed by atoms with Crippen molar-refractivity contribution in [1.29, 1.82) is 0 Å². The zero-order valence-corrected chi connectivity index (χ0v) is 10.9. The van der Waals surface area contributed by atoms with E-state index in [1.54, 1.807) is 7.11 Å². The maximum absolute atomic E-state index is 5.22. The molecule has 0 radical (unpaired) electrons. The number of hydrogen-bond acceptors (Lipinski definition) is 4. The molecule has 78 valence electrons. The molecule has 1 aromatic carbocycles. The van der Waals surface area contributed by atoms with Gasteiger partial charge in [-0.15, -0.1) is 0 Å². The van der Waals surface area contributed by atoms with Crippen LogP contribution in [0, 0.1) is 0 Å². The van der Waals surface area contributed by atoms with Crippen molar-refractivity contribution in [3.05, 3.63) is 27.4 Å². The van der Waals surface area contributed by atoms with Crippen molar-refractivity contribution in [3.8, 4) is 17.2 Å². The first-order chi connectivity index (χ1) is 7.20. The lowest BCUT2D eigenvalue weighted by Gasteiger charge is -2.04. The second kappa shape index (κ2) is 4.32. The van der Waals surface area contributed by atoms with Crippen LogP contribution in [-0.4, -0.2) is 17.3 Å². The fourth-order valence-electron chi connectivity index (χ4n) is 1.16. The predicted molar refractivity (Wildman–Crippen MR) is 61.7 cm³/mol. The van der Waals surface area contributed by atoms with Crippen molar-refractivity contribution in [2.75, 3.05) is 7.11 Å². The van der Waals surface area contributed by atoms with Gasteiger partial charge in [0.05, 0.1) is 12.7 Å². The fraction of sp³-hybridized carbons (Fsp3) is 0.111. The van der Waals surface area contributed by atoms with E-state index in [1.807, 2.05) is 18.2 Å². The first kappa shape index (κ1) is 10.6. The minimum Gasteiger partial charge on any atom is -0.496 e. The molecule has 0 atom stereocenters. The predicted octanol–water partition coefficient (Wildman–Crippen LogP) is 3.27. The quantitative estimate of drug-likeness (QED) is 0.846. The van der Waals surface area contributed by atoms with Crippen molar-refractivity contribution in [2.45, 2.75) is 0 Å². The lowest BCUT2D eigenvalue weighted by atomic mass is 10.2. The van der Waals surface area contributed by atoms with Gasteiger partial charge in [-0.3, -0.25) is 0 Å². The first-order valence-corrected chi connectivity index (χ1v) is 5.62. The lowest BCUT2D eigenvalue weighted by molar-refractivity contribution is 0.403. The van der Waals surface area contributed by atoms with E-state index >= 15 is 0 Å². The van der Waals surface area contributed by atoms with Gasteiger partial charge in [0.2, 0.25) is 4.73 Å². The summed E-state index contributed by atoms with van der Waals surface area (Å²) in [7, 11) is 1.59. The number of methoxy groups -OCH3 is 1. The van der Waals surface area contributed by atoms with Gasteiger partial charge in [0.1, 0.15) is 5.75 Å². The zero-order chi connectivity index (χ0) is 10.8. The van der Waals surface area contributed by atoms with Gasteiger partial charge in [0.15, 0.2) is 0 Å². The lowest BCUT2D eigenvalue weighted by Crippen LogP contribution is -1.87. The highest BCUT2D eigenvalue weighted by atomic mass is 79.9. The van der Waals surface area contributed by atoms with Crippen molar-refractivity contribution in [1.82, 2.24) is 10.1 Å². The van der Waals surface area contributed by atoms with Gasteiger partial charge < -0.3 is 9.26 Å². The monoisotopic (exact) mass is 332 g/mol. The molecular weight excluding hydrogens is 328 g/mol. The van der Waals surface area contributed by atoms with Crippen LogP contribution in [0.25, 0.3) is 11.5 Å². The number of benzene rings is 1. The zero-order valence-electron chi connectivity index (χ0n) is 7.70. The molecule has 0 amide bonds. The van der Waals surface area contributed by atoms with Crippen LogP contribution in [0.3, 0.4) is 0 Å². The Morgan fingerprint density at radius 2 is 2.13 bits per heavy atom. The van der Waals surface area contributed by atoms with Crippen LogP contribution in [0.1, 0.15) is 0 Å². The van der Waals surface area contributed by atoms with E-state index in [0.29, 0.717) is 16.4 Å². The molecule has 0 bridgehead atoms. The molecule has 15 heavy (non-hydrogen) atoms. The molecule has 0 spiro atoms. The van der Waals surface area contributed by atoms with Gasteiger partial charge in [0.25, 0.3) is 5.89 Å². The Hall–Kier alpha value is -0.880. The Kier molecular flexibility index (Phi) is 3.06. The van der Waals surface area contributed by atoms with E-state index < -0.39 is 0 Å². The van der Waals surface area contributed by atoms with Gasteiger partial charge in [0, 0.05) is 4.47 Å². The second-order valence-corrected chi connectivity index (χ2v) is 4.34. The van der Waals surface area contributed by atoms with E-state index in [-0.39, 0.29) is 0 Å². The number of hydrogen-bond donors (Lipinski definition) is 0. The summed E-state index contributed by atoms with van der Waals surface area (Å²) in [5, 5.41) is 3.65. The summed E-state index contributed by atoms with van der Waals surface area (Å²) in [6.45, 7) is 0. The molecule has 0 fully saturated rings. The molecule has 0 N–H and O–H groups in total. The van der Waals surface area contributed by atoms with Gasteiger partial charge in [-0.05, 0) is 39.3 Å². The maximum atomic E-state index is 5.22. The van der Waals surface area contributed by atoms with Crippen molar-refractivity contribution >= 4 is 31.9 Å². The first-order valence-electron chi connectivity index (χ1n) is 4.04. The van der Waals surface area contributed by atoms with Crippen molar-refractivity contribution in [2.24, 2.45) is 0 Å². The highest BCUT2D eigenvalue weighted by molar-refractivity contribution is 9.10. The number of ether oxygens (including phenoxy) is 1. The summed E-state index contributed by atoms with van der Waals surface area (Å²) in [5.74, 6) is 1.10. The van der Waals surface area contributed by atoms with E-state index in [4.69, 9.17) is 9.26 Å². The maximum Gasteiger partial charge on any atom is 0.262 e. The fourth-order valence-corrected chi connectivity index (χ4v) is 1.73. The summed E-state index contributed by atoms with van der Waals surface area (Å²) in [6, 6.07) is 5.58. The summed E-state index contributed by atoms with van der Waals surface area (Å²) < 4.78 is 11.6. The summed E-state index contributed by atoms with van der Waals surface area (Å²) in [4.78, 5) is 4.06. The summed E-state index contributed by atoms with van der Waals surface area (Å²) in [6.07, 6.45) is 0. The normalized spacial score (nSPS) is 10.3. The van der Waals surface area contributed by atoms with Crippen molar-refractivity contribution < 1.29 is 9.26 Å². The highest BCUT2D eigenvalue weighted by Crippen LogP contribution is 2.31. The molecular formula is C9H6Br2N2O2. The largest absolute Gasteiger partial charge is 0.496 e. The number of aromatic nitrogens is 2. The molecule has 2 aromatic rings. The second-order valence-electron chi connectivity index (χ2n) is 2.71. The van der Waals surface area contributed by atoms with Crippen LogP contribution >= 0.6 is 31.9 Å². The van der Waals surface area contributed by atoms with E-state index in [2.05, 4.69) is 42.0 Å². The molecule has 0 saturated carbocycles. The third-order valence-electron chi connectivity index (χ3n) is 1.80. The molecule has 0 unspecified atom stereocenters. The number of halogens is 2. The van der Waals surface area contributed by atoms with Crippen LogP contribution in [0.15, 0.2) is 31.9 Å². The third kappa shape index (κ3) is 2.21. The topological polar surface area (TPSA) is 48.2 Å². The average Bonchev–Trinajstić information content (AvgIpc) is 2.64. The Labute approximate surface area is 103 Å². The van der Waals surface area contributed by atoms with E-state index in [9.17, 15) is 0 Å². The minimum atomic E-state index is 0.419. The number of rotatable bonds is 2. The minimum absolute atomic E-state index is 0.419. The molecule has 0 aliphatic carbocycles. The molecule has 1 aromatic heterocycles. The smallest absolute Gasteiger partial charge is 0.262 e. The van der Waals surface area contributed by atoms with E-state index in [1.165, 1.54) is 0 Å². The molecule has 1 heterocycles. The SMILES string of the molecule is COc1cc(Br)ccc1-c1nc(Br)no1. The van der Waals surface area contributed by atoms with Crippen molar-refractivity contribution in [3.63, 3.8) is 0 Å². The third-order valence-corrected chi connectivity index (χ3v) is 2.61. The van der Waals surface area contributed by atoms with Crippen LogP contribution in [0.5, 0.6) is 5.75 Å². The number of nitrogens with zero attached hydrogens (tertiary/aromatic N) is 2. The molecule has 2 rings (SSSR count). The van der Waals surface area contributed by atoms with Crippen LogP contribution < -0.4 is 4.74 Å². The Morgan fingerprint density at radius 3 is 2.73 bits per heavy atom. The Balaban J connectivity index is 2.52. The Bertz CT molecular complexity index is 485. The standard InChI is InChI=1S/C9H6Br2N2O2/c1-14-7-4-5(10)2-3-6(7)8-12-9(11)13-15-8/h2-4H,1H3. The molecule has 0 aliphatic rings. The summed E-state index contributed by atoms with van der Waals surface area (Å²) >= 11 is 6.48. The van der Waals surface area contributed by atoms with Crippen LogP contribution in [-0.2, 0) is 0 Å². The van der Waals surface area contributed by atoms with E-state index in [0.717, 1.165) is 10.0 Å². The van der Waals surface area contributed by atoms with Gasteiger partial charge >= 0.3 is 0 Å². The van der Waals surface area contributed by atoms with Gasteiger partial charge in [-0.25, -0.2) is 0 Å². The van der Waals surface area contributed by atoms with Crippen LogP contribution in [0.2, 0.25) is 0 Å². The van der Waals surface area contributed by atoms with Crippen LogP contribution in [0.4, 0.5) is 0 Å². The average molecular weight is 334 g/mol.